The molecule has 0 saturated heterocycles. The minimum Gasteiger partial charge on any atom is -0.373 e. The van der Waals surface area contributed by atoms with Crippen LogP contribution in [0.1, 0.15) is 35.6 Å². The van der Waals surface area contributed by atoms with Gasteiger partial charge in [-0.2, -0.15) is 0 Å². The third kappa shape index (κ3) is 6.09. The molecule has 0 saturated carbocycles. The number of hydrogen-bond acceptors (Lipinski definition) is 1. The van der Waals surface area contributed by atoms with Crippen molar-refractivity contribution in [3.05, 3.63) is 89.5 Å². The SMILES string of the molecule is C=Cc1ccc(C=Cc2ccc(COCC=CCC)cc2)cc1. The quantitative estimate of drug-likeness (QED) is 0.331. The lowest BCUT2D eigenvalue weighted by Gasteiger charge is -2.02. The Kier molecular flexibility index (Phi) is 7.09. The molecular weight excluding hydrogens is 280 g/mol. The van der Waals surface area contributed by atoms with Crippen LogP contribution < -0.4 is 0 Å². The average Bonchev–Trinajstić information content (AvgIpc) is 2.61. The Balaban J connectivity index is 1.87. The summed E-state index contributed by atoms with van der Waals surface area (Å²) in [4.78, 5) is 0. The van der Waals surface area contributed by atoms with Crippen LogP contribution in [0.25, 0.3) is 18.2 Å². The van der Waals surface area contributed by atoms with Gasteiger partial charge in [0.15, 0.2) is 0 Å². The van der Waals surface area contributed by atoms with Gasteiger partial charge >= 0.3 is 0 Å². The lowest BCUT2D eigenvalue weighted by molar-refractivity contribution is 0.148. The van der Waals surface area contributed by atoms with E-state index in [1.54, 1.807) is 0 Å². The number of benzene rings is 2. The molecule has 0 unspecified atom stereocenters. The highest BCUT2D eigenvalue weighted by atomic mass is 16.5. The van der Waals surface area contributed by atoms with Gasteiger partial charge in [0.2, 0.25) is 0 Å². The summed E-state index contributed by atoms with van der Waals surface area (Å²) in [6.45, 7) is 7.22. The third-order valence-corrected chi connectivity index (χ3v) is 3.51. The number of rotatable bonds is 8. The fourth-order valence-corrected chi connectivity index (χ4v) is 2.14. The lowest BCUT2D eigenvalue weighted by atomic mass is 10.1. The molecular formula is C22H24O. The van der Waals surface area contributed by atoms with Gasteiger partial charge in [-0.3, -0.25) is 0 Å². The van der Waals surface area contributed by atoms with Crippen molar-refractivity contribution in [1.29, 1.82) is 0 Å². The van der Waals surface area contributed by atoms with Gasteiger partial charge in [0.25, 0.3) is 0 Å². The summed E-state index contributed by atoms with van der Waals surface area (Å²) in [6.07, 6.45) is 11.3. The molecule has 0 amide bonds. The first-order chi connectivity index (χ1) is 11.3. The number of ether oxygens (including phenoxy) is 1. The van der Waals surface area contributed by atoms with Crippen molar-refractivity contribution in [3.63, 3.8) is 0 Å². The van der Waals surface area contributed by atoms with Gasteiger partial charge < -0.3 is 4.74 Å². The molecule has 0 aliphatic heterocycles. The second-order valence-corrected chi connectivity index (χ2v) is 5.34. The topological polar surface area (TPSA) is 9.23 Å². The van der Waals surface area contributed by atoms with Crippen molar-refractivity contribution in [2.75, 3.05) is 6.61 Å². The maximum atomic E-state index is 5.60. The Labute approximate surface area is 139 Å². The molecule has 1 nitrogen and oxygen atoms in total. The van der Waals surface area contributed by atoms with Crippen LogP contribution in [0.3, 0.4) is 0 Å². The molecule has 1 heteroatoms. The number of hydrogen-bond donors (Lipinski definition) is 0. The van der Waals surface area contributed by atoms with Crippen LogP contribution in [0.2, 0.25) is 0 Å². The van der Waals surface area contributed by atoms with Crippen molar-refractivity contribution in [2.45, 2.75) is 20.0 Å². The largest absolute Gasteiger partial charge is 0.373 e. The highest BCUT2D eigenvalue weighted by Gasteiger charge is 1.93. The van der Waals surface area contributed by atoms with Crippen LogP contribution in [0.4, 0.5) is 0 Å². The maximum absolute atomic E-state index is 5.60. The van der Waals surface area contributed by atoms with E-state index in [1.165, 1.54) is 16.7 Å². The Morgan fingerprint density at radius 2 is 1.39 bits per heavy atom. The van der Waals surface area contributed by atoms with Crippen molar-refractivity contribution in [1.82, 2.24) is 0 Å². The fraction of sp³-hybridized carbons (Fsp3) is 0.182. The first-order valence-electron chi connectivity index (χ1n) is 8.04. The smallest absolute Gasteiger partial charge is 0.0721 e. The van der Waals surface area contributed by atoms with E-state index in [4.69, 9.17) is 4.74 Å². The molecule has 0 aliphatic carbocycles. The van der Waals surface area contributed by atoms with Crippen LogP contribution in [-0.2, 0) is 11.3 Å². The third-order valence-electron chi connectivity index (χ3n) is 3.51. The minimum absolute atomic E-state index is 0.654. The summed E-state index contributed by atoms with van der Waals surface area (Å²) in [5, 5.41) is 0. The van der Waals surface area contributed by atoms with Gasteiger partial charge in [-0.1, -0.05) is 92.4 Å². The molecule has 0 atom stereocenters. The molecule has 0 N–H and O–H groups in total. The Hall–Kier alpha value is -2.38. The molecule has 2 rings (SSSR count). The summed E-state index contributed by atoms with van der Waals surface area (Å²) in [6, 6.07) is 16.8. The van der Waals surface area contributed by atoms with E-state index < -0.39 is 0 Å². The van der Waals surface area contributed by atoms with Crippen molar-refractivity contribution in [3.8, 4) is 0 Å². The van der Waals surface area contributed by atoms with Crippen LogP contribution in [0.15, 0.2) is 67.3 Å². The maximum Gasteiger partial charge on any atom is 0.0721 e. The lowest BCUT2D eigenvalue weighted by Crippen LogP contribution is -1.92. The van der Waals surface area contributed by atoms with Crippen molar-refractivity contribution >= 4 is 18.2 Å². The van der Waals surface area contributed by atoms with Crippen LogP contribution in [-0.4, -0.2) is 6.61 Å². The predicted molar refractivity (Wildman–Crippen MR) is 101 cm³/mol. The average molecular weight is 304 g/mol. The molecule has 0 radical (unpaired) electrons. The van der Waals surface area contributed by atoms with E-state index in [-0.39, 0.29) is 0 Å². The van der Waals surface area contributed by atoms with E-state index in [0.717, 1.165) is 12.0 Å². The standard InChI is InChI=1S/C22H24O/c1-3-5-6-17-23-18-22-15-13-21(14-16-22)12-11-20-9-7-19(4-2)8-10-20/h4-16H,2-3,17-18H2,1H3. The molecule has 0 aliphatic rings. The Bertz CT molecular complexity index is 645. The van der Waals surface area contributed by atoms with E-state index >= 15 is 0 Å². The van der Waals surface area contributed by atoms with Gasteiger partial charge in [-0.15, -0.1) is 0 Å². The highest BCUT2D eigenvalue weighted by Crippen LogP contribution is 2.12. The van der Waals surface area contributed by atoms with Gasteiger partial charge in [-0.05, 0) is 28.7 Å². The van der Waals surface area contributed by atoms with Crippen LogP contribution in [0.5, 0.6) is 0 Å². The Morgan fingerprint density at radius 3 is 1.96 bits per heavy atom. The summed E-state index contributed by atoms with van der Waals surface area (Å²) in [5.41, 5.74) is 4.71. The van der Waals surface area contributed by atoms with E-state index in [0.29, 0.717) is 13.2 Å². The Morgan fingerprint density at radius 1 is 0.826 bits per heavy atom. The summed E-state index contributed by atoms with van der Waals surface area (Å²) in [7, 11) is 0. The number of allylic oxidation sites excluding steroid dienone is 1. The zero-order chi connectivity index (χ0) is 16.3. The van der Waals surface area contributed by atoms with E-state index in [9.17, 15) is 0 Å². The molecule has 0 bridgehead atoms. The first kappa shape index (κ1) is 17.0. The molecule has 23 heavy (non-hydrogen) atoms. The molecule has 0 fully saturated rings. The van der Waals surface area contributed by atoms with Crippen molar-refractivity contribution in [2.24, 2.45) is 0 Å². The zero-order valence-electron chi connectivity index (χ0n) is 13.7. The highest BCUT2D eigenvalue weighted by molar-refractivity contribution is 5.70. The second-order valence-electron chi connectivity index (χ2n) is 5.34. The minimum atomic E-state index is 0.654. The molecule has 118 valence electrons. The van der Waals surface area contributed by atoms with E-state index in [1.807, 2.05) is 6.08 Å². The second kappa shape index (κ2) is 9.60. The summed E-state index contributed by atoms with van der Waals surface area (Å²) in [5.74, 6) is 0. The van der Waals surface area contributed by atoms with Crippen molar-refractivity contribution < 1.29 is 4.74 Å². The predicted octanol–water partition coefficient (Wildman–Crippen LogP) is 5.98. The molecule has 0 spiro atoms. The molecule has 2 aromatic carbocycles. The van der Waals surface area contributed by atoms with Crippen LogP contribution in [0, 0.1) is 0 Å². The van der Waals surface area contributed by atoms with Gasteiger partial charge in [-0.25, -0.2) is 0 Å². The van der Waals surface area contributed by atoms with Gasteiger partial charge in [0.1, 0.15) is 0 Å². The van der Waals surface area contributed by atoms with Gasteiger partial charge in [0.05, 0.1) is 13.2 Å². The zero-order valence-corrected chi connectivity index (χ0v) is 13.7. The molecule has 2 aromatic rings. The monoisotopic (exact) mass is 304 g/mol. The molecule has 0 aromatic heterocycles. The summed E-state index contributed by atoms with van der Waals surface area (Å²) < 4.78 is 5.60. The fourth-order valence-electron chi connectivity index (χ4n) is 2.14. The molecule has 0 heterocycles. The van der Waals surface area contributed by atoms with Gasteiger partial charge in [0, 0.05) is 0 Å². The first-order valence-corrected chi connectivity index (χ1v) is 8.04. The van der Waals surface area contributed by atoms with Crippen LogP contribution >= 0.6 is 0 Å². The van der Waals surface area contributed by atoms with E-state index in [2.05, 4.69) is 86.3 Å². The summed E-state index contributed by atoms with van der Waals surface area (Å²) >= 11 is 0. The normalized spacial score (nSPS) is 11.3.